The highest BCUT2D eigenvalue weighted by atomic mass is 35.5. The zero-order chi connectivity index (χ0) is 15.4. The van der Waals surface area contributed by atoms with Gasteiger partial charge in [0.2, 0.25) is 0 Å². The first-order valence-corrected chi connectivity index (χ1v) is 7.18. The zero-order valence-corrected chi connectivity index (χ0v) is 13.2. The molecule has 2 aromatic rings. The Bertz CT molecular complexity index is 621. The molecule has 0 spiro atoms. The van der Waals surface area contributed by atoms with Gasteiger partial charge in [-0.1, -0.05) is 11.6 Å². The number of rotatable bonds is 4. The normalized spacial score (nSPS) is 10.5. The van der Waals surface area contributed by atoms with Gasteiger partial charge in [-0.3, -0.25) is 4.68 Å². The molecular weight excluding hydrogens is 288 g/mol. The van der Waals surface area contributed by atoms with Gasteiger partial charge in [-0.2, -0.15) is 5.10 Å². The molecule has 0 radical (unpaired) electrons. The van der Waals surface area contributed by atoms with E-state index in [1.165, 1.54) is 0 Å². The first kappa shape index (κ1) is 15.4. The number of nitrogens with one attached hydrogen (secondary N) is 1. The molecule has 0 aliphatic heterocycles. The number of carbonyl (C=O) groups excluding carboxylic acids is 1. The van der Waals surface area contributed by atoms with Crippen molar-refractivity contribution >= 4 is 23.3 Å². The molecule has 0 fully saturated rings. The molecule has 0 unspecified atom stereocenters. The van der Waals surface area contributed by atoms with Crippen molar-refractivity contribution in [2.75, 3.05) is 12.4 Å². The molecule has 0 aliphatic carbocycles. The Balaban J connectivity index is 1.99. The third-order valence-corrected chi connectivity index (χ3v) is 3.61. The Morgan fingerprint density at radius 2 is 2.05 bits per heavy atom. The maximum Gasteiger partial charge on any atom is 0.321 e. The molecule has 1 N–H and O–H groups in total. The predicted octanol–water partition coefficient (Wildman–Crippen LogP) is 3.53. The van der Waals surface area contributed by atoms with Crippen LogP contribution in [0.4, 0.5) is 10.5 Å². The van der Waals surface area contributed by atoms with Crippen molar-refractivity contribution in [2.24, 2.45) is 0 Å². The number of amides is 2. The molecule has 0 bridgehead atoms. The van der Waals surface area contributed by atoms with E-state index in [1.54, 1.807) is 36.2 Å². The number of nitrogens with zero attached hydrogens (tertiary/aromatic N) is 3. The van der Waals surface area contributed by atoms with Crippen molar-refractivity contribution in [1.29, 1.82) is 0 Å². The van der Waals surface area contributed by atoms with Crippen molar-refractivity contribution in [3.63, 3.8) is 0 Å². The summed E-state index contributed by atoms with van der Waals surface area (Å²) >= 11 is 5.82. The SMILES string of the molecule is CCn1ncc(CN(C)C(=O)Nc2ccc(Cl)cc2)c1C. The summed E-state index contributed by atoms with van der Waals surface area (Å²) in [4.78, 5) is 13.8. The van der Waals surface area contributed by atoms with Crippen molar-refractivity contribution in [3.05, 3.63) is 46.7 Å². The van der Waals surface area contributed by atoms with E-state index in [0.29, 0.717) is 11.6 Å². The average molecular weight is 307 g/mol. The Morgan fingerprint density at radius 1 is 1.38 bits per heavy atom. The van der Waals surface area contributed by atoms with Gasteiger partial charge in [-0.15, -0.1) is 0 Å². The molecule has 2 rings (SSSR count). The van der Waals surface area contributed by atoms with Crippen molar-refractivity contribution in [2.45, 2.75) is 26.9 Å². The Morgan fingerprint density at radius 3 is 2.62 bits per heavy atom. The lowest BCUT2D eigenvalue weighted by molar-refractivity contribution is 0.220. The summed E-state index contributed by atoms with van der Waals surface area (Å²) in [7, 11) is 1.76. The molecule has 21 heavy (non-hydrogen) atoms. The summed E-state index contributed by atoms with van der Waals surface area (Å²) in [6.07, 6.45) is 1.81. The molecule has 0 saturated heterocycles. The fourth-order valence-electron chi connectivity index (χ4n) is 2.04. The third kappa shape index (κ3) is 3.76. The fourth-order valence-corrected chi connectivity index (χ4v) is 2.16. The van der Waals surface area contributed by atoms with Crippen LogP contribution in [0.3, 0.4) is 0 Å². The quantitative estimate of drug-likeness (QED) is 0.939. The second kappa shape index (κ2) is 6.63. The summed E-state index contributed by atoms with van der Waals surface area (Å²) in [5.41, 5.74) is 2.85. The monoisotopic (exact) mass is 306 g/mol. The Kier molecular flexibility index (Phi) is 4.85. The average Bonchev–Trinajstić information content (AvgIpc) is 2.82. The molecule has 112 valence electrons. The minimum Gasteiger partial charge on any atom is -0.323 e. The van der Waals surface area contributed by atoms with Gasteiger partial charge in [0.05, 0.1) is 12.7 Å². The van der Waals surface area contributed by atoms with Crippen molar-refractivity contribution < 1.29 is 4.79 Å². The maximum absolute atomic E-state index is 12.1. The summed E-state index contributed by atoms with van der Waals surface area (Å²) in [5, 5.41) is 7.76. The third-order valence-electron chi connectivity index (χ3n) is 3.35. The van der Waals surface area contributed by atoms with Crippen LogP contribution in [0.1, 0.15) is 18.2 Å². The van der Waals surface area contributed by atoms with E-state index in [9.17, 15) is 4.79 Å². The number of hydrogen-bond acceptors (Lipinski definition) is 2. The van der Waals surface area contributed by atoms with Gasteiger partial charge in [0.1, 0.15) is 0 Å². The number of hydrogen-bond donors (Lipinski definition) is 1. The number of urea groups is 1. The van der Waals surface area contributed by atoms with Crippen LogP contribution >= 0.6 is 11.6 Å². The van der Waals surface area contributed by atoms with E-state index in [-0.39, 0.29) is 6.03 Å². The maximum atomic E-state index is 12.1. The van der Waals surface area contributed by atoms with Gasteiger partial charge in [0, 0.05) is 35.6 Å². The molecule has 1 heterocycles. The Labute approximate surface area is 129 Å². The van der Waals surface area contributed by atoms with E-state index < -0.39 is 0 Å². The Hall–Kier alpha value is -2.01. The highest BCUT2D eigenvalue weighted by Gasteiger charge is 2.13. The number of halogens is 1. The molecule has 1 aromatic carbocycles. The molecule has 0 saturated carbocycles. The standard InChI is InChI=1S/C15H19ClN4O/c1-4-20-11(2)12(9-17-20)10-19(3)15(21)18-14-7-5-13(16)6-8-14/h5-9H,4,10H2,1-3H3,(H,18,21). The second-order valence-corrected chi connectivity index (χ2v) is 5.30. The highest BCUT2D eigenvalue weighted by Crippen LogP contribution is 2.15. The molecule has 5 nitrogen and oxygen atoms in total. The molecular formula is C15H19ClN4O. The summed E-state index contributed by atoms with van der Waals surface area (Å²) in [6.45, 7) is 5.40. The molecule has 0 atom stereocenters. The smallest absolute Gasteiger partial charge is 0.321 e. The van der Waals surface area contributed by atoms with Crippen LogP contribution < -0.4 is 5.32 Å². The largest absolute Gasteiger partial charge is 0.323 e. The van der Waals surface area contributed by atoms with E-state index in [0.717, 1.165) is 23.5 Å². The van der Waals surface area contributed by atoms with Gasteiger partial charge in [0.25, 0.3) is 0 Å². The minimum absolute atomic E-state index is 0.166. The van der Waals surface area contributed by atoms with E-state index in [2.05, 4.69) is 10.4 Å². The summed E-state index contributed by atoms with van der Waals surface area (Å²) in [5.74, 6) is 0. The van der Waals surface area contributed by atoms with Crippen molar-refractivity contribution in [1.82, 2.24) is 14.7 Å². The van der Waals surface area contributed by atoms with Gasteiger partial charge in [-0.05, 0) is 38.1 Å². The minimum atomic E-state index is -0.166. The lowest BCUT2D eigenvalue weighted by Gasteiger charge is -2.18. The van der Waals surface area contributed by atoms with E-state index >= 15 is 0 Å². The van der Waals surface area contributed by atoms with E-state index in [1.807, 2.05) is 24.7 Å². The van der Waals surface area contributed by atoms with Crippen LogP contribution in [0.15, 0.2) is 30.5 Å². The van der Waals surface area contributed by atoms with E-state index in [4.69, 9.17) is 11.6 Å². The highest BCUT2D eigenvalue weighted by molar-refractivity contribution is 6.30. The summed E-state index contributed by atoms with van der Waals surface area (Å²) < 4.78 is 1.92. The number of anilines is 1. The number of aromatic nitrogens is 2. The van der Waals surface area contributed by atoms with Crippen LogP contribution in [0.5, 0.6) is 0 Å². The van der Waals surface area contributed by atoms with Crippen LogP contribution in [0, 0.1) is 6.92 Å². The molecule has 1 aromatic heterocycles. The second-order valence-electron chi connectivity index (χ2n) is 4.86. The van der Waals surface area contributed by atoms with Gasteiger partial charge < -0.3 is 10.2 Å². The van der Waals surface area contributed by atoms with Crippen LogP contribution in [-0.2, 0) is 13.1 Å². The zero-order valence-electron chi connectivity index (χ0n) is 12.4. The van der Waals surface area contributed by atoms with Gasteiger partial charge in [-0.25, -0.2) is 4.79 Å². The molecule has 0 aliphatic rings. The lowest BCUT2D eigenvalue weighted by Crippen LogP contribution is -2.31. The topological polar surface area (TPSA) is 50.2 Å². The van der Waals surface area contributed by atoms with Gasteiger partial charge in [0.15, 0.2) is 0 Å². The van der Waals surface area contributed by atoms with Crippen LogP contribution in [-0.4, -0.2) is 27.8 Å². The number of aryl methyl sites for hydroxylation is 1. The molecule has 2 amide bonds. The molecule has 6 heteroatoms. The van der Waals surface area contributed by atoms with Crippen LogP contribution in [0.2, 0.25) is 5.02 Å². The lowest BCUT2D eigenvalue weighted by atomic mass is 10.2. The fraction of sp³-hybridized carbons (Fsp3) is 0.333. The van der Waals surface area contributed by atoms with Crippen LogP contribution in [0.25, 0.3) is 0 Å². The number of carbonyl (C=O) groups is 1. The van der Waals surface area contributed by atoms with Gasteiger partial charge >= 0.3 is 6.03 Å². The summed E-state index contributed by atoms with van der Waals surface area (Å²) in [6, 6.07) is 6.86. The first-order valence-electron chi connectivity index (χ1n) is 6.80. The number of benzene rings is 1. The first-order chi connectivity index (χ1) is 10.0. The van der Waals surface area contributed by atoms with Crippen molar-refractivity contribution in [3.8, 4) is 0 Å². The predicted molar refractivity (Wildman–Crippen MR) is 84.6 cm³/mol.